The molecule has 8 aromatic rings. The molecule has 13 heteroatoms. The van der Waals surface area contributed by atoms with Gasteiger partial charge in [0.2, 0.25) is 5.13 Å². The third-order valence-corrected chi connectivity index (χ3v) is 13.4. The van der Waals surface area contributed by atoms with E-state index in [9.17, 15) is 10.5 Å². The van der Waals surface area contributed by atoms with Gasteiger partial charge in [0.1, 0.15) is 29.0 Å². The molecule has 8 rings (SSSR count). The number of hydrogen-bond acceptors (Lipinski definition) is 12. The number of nitrogens with zero attached hydrogens (tertiary/aromatic N) is 10. The van der Waals surface area contributed by atoms with Crippen molar-refractivity contribution in [1.29, 1.82) is 10.5 Å². The Morgan fingerprint density at radius 2 is 1.29 bits per heavy atom. The van der Waals surface area contributed by atoms with Gasteiger partial charge in [0.25, 0.3) is 0 Å². The Morgan fingerprint density at radius 1 is 0.727 bits per heavy atom. The average Bonchev–Trinajstić information content (AvgIpc) is 3.97. The molecule has 11 nitrogen and oxygen atoms in total. The van der Waals surface area contributed by atoms with Crippen molar-refractivity contribution in [3.05, 3.63) is 129 Å². The number of fused-ring (bicyclic) bond motifs is 2. The summed E-state index contributed by atoms with van der Waals surface area (Å²) in [5.41, 5.74) is 11.8. The first-order valence-electron chi connectivity index (χ1n) is 22.3. The molecule has 0 spiro atoms. The van der Waals surface area contributed by atoms with Crippen molar-refractivity contribution in [2.24, 2.45) is 22.1 Å². The number of pyridine rings is 1. The van der Waals surface area contributed by atoms with Crippen molar-refractivity contribution in [3.8, 4) is 17.3 Å². The Bertz CT molecular complexity index is 3150. The summed E-state index contributed by atoms with van der Waals surface area (Å²) in [4.78, 5) is 17.6. The van der Waals surface area contributed by atoms with Gasteiger partial charge in [0.05, 0.1) is 31.8 Å². The molecule has 0 amide bonds. The Labute approximate surface area is 395 Å². The van der Waals surface area contributed by atoms with E-state index in [1.165, 1.54) is 16.9 Å². The number of hydrogen-bond donors (Lipinski definition) is 1. The molecule has 0 atom stereocenters. The molecule has 0 bridgehead atoms. The molecule has 0 unspecified atom stereocenters. The van der Waals surface area contributed by atoms with Gasteiger partial charge >= 0.3 is 0 Å². The molecular formula is C53H55N11S2. The standard InChI is InChI=1S/C53H55N11S2/c1-29(2)21-36-25-32(6)26-37(22-30(3)4)45(36)58-48-44(60-61-50-39(28-55)47(53(10,11)12)62-64(50)52-57-41-18-14-16-20-43(41)66-52)35(9)38(27-54)49(59-48)63(46-33(7)23-31(5)24-34(46)8)51-56-40-17-13-15-19-42(40)65-51/h13-20,23-26,29-30H,21-22H2,1-12H3,(H,58,59). The molecule has 0 aliphatic heterocycles. The largest absolute Gasteiger partial charge is 0.338 e. The van der Waals surface area contributed by atoms with E-state index in [0.717, 1.165) is 72.5 Å². The number of benzene rings is 4. The van der Waals surface area contributed by atoms with E-state index >= 15 is 0 Å². The Morgan fingerprint density at radius 3 is 1.83 bits per heavy atom. The molecule has 66 heavy (non-hydrogen) atoms. The van der Waals surface area contributed by atoms with Crippen LogP contribution in [0.1, 0.15) is 104 Å². The van der Waals surface area contributed by atoms with Gasteiger partial charge in [-0.3, -0.25) is 4.90 Å². The van der Waals surface area contributed by atoms with Crippen molar-refractivity contribution < 1.29 is 0 Å². The van der Waals surface area contributed by atoms with Crippen LogP contribution in [0.15, 0.2) is 83.0 Å². The summed E-state index contributed by atoms with van der Waals surface area (Å²) >= 11 is 3.01. The zero-order chi connectivity index (χ0) is 47.2. The SMILES string of the molecule is Cc1cc(C)c(N(c2nc3ccccc3s2)c2nc(Nc3c(CC(C)C)cc(C)cc3CC(C)C)c(N=Nc3c(C#N)c(C(C)(C)C)nn3-c3nc4ccccc4s3)c(C)c2C#N)c(C)c1. The molecular weight excluding hydrogens is 855 g/mol. The normalized spacial score (nSPS) is 11.9. The van der Waals surface area contributed by atoms with E-state index in [-0.39, 0.29) is 5.82 Å². The lowest BCUT2D eigenvalue weighted by Gasteiger charge is -2.28. The van der Waals surface area contributed by atoms with E-state index in [2.05, 4.69) is 103 Å². The van der Waals surface area contributed by atoms with Crippen LogP contribution < -0.4 is 10.2 Å². The fraction of sp³-hybridized carbons (Fsp3) is 0.321. The van der Waals surface area contributed by atoms with Crippen molar-refractivity contribution >= 4 is 82.8 Å². The van der Waals surface area contributed by atoms with Crippen molar-refractivity contribution in [1.82, 2.24) is 24.7 Å². The zero-order valence-corrected chi connectivity index (χ0v) is 41.4. The fourth-order valence-electron chi connectivity index (χ4n) is 8.69. The number of thiazole rings is 2. The summed E-state index contributed by atoms with van der Waals surface area (Å²) < 4.78 is 3.62. The van der Waals surface area contributed by atoms with E-state index in [4.69, 9.17) is 30.3 Å². The van der Waals surface area contributed by atoms with Gasteiger partial charge in [0, 0.05) is 16.7 Å². The maximum absolute atomic E-state index is 11.3. The number of anilines is 5. The first-order valence-corrected chi connectivity index (χ1v) is 24.0. The van der Waals surface area contributed by atoms with E-state index in [1.807, 2.05) is 75.1 Å². The highest BCUT2D eigenvalue weighted by atomic mass is 32.1. The third-order valence-electron chi connectivity index (χ3n) is 11.4. The molecule has 0 aliphatic carbocycles. The second kappa shape index (κ2) is 18.2. The van der Waals surface area contributed by atoms with Crippen LogP contribution >= 0.6 is 22.7 Å². The predicted molar refractivity (Wildman–Crippen MR) is 272 cm³/mol. The van der Waals surface area contributed by atoms with Crippen LogP contribution in [0.4, 0.5) is 39.6 Å². The van der Waals surface area contributed by atoms with Crippen molar-refractivity contribution in [2.45, 2.75) is 101 Å². The third kappa shape index (κ3) is 8.93. The lowest BCUT2D eigenvalue weighted by Crippen LogP contribution is -2.17. The van der Waals surface area contributed by atoms with Crippen LogP contribution in [-0.4, -0.2) is 24.7 Å². The van der Waals surface area contributed by atoms with Crippen molar-refractivity contribution in [3.63, 3.8) is 0 Å². The van der Waals surface area contributed by atoms with Crippen LogP contribution in [0.25, 0.3) is 25.6 Å². The maximum Gasteiger partial charge on any atom is 0.213 e. The maximum atomic E-state index is 11.3. The van der Waals surface area contributed by atoms with E-state index in [1.54, 1.807) is 16.0 Å². The summed E-state index contributed by atoms with van der Waals surface area (Å²) in [5, 5.41) is 42.2. The van der Waals surface area contributed by atoms with Crippen LogP contribution in [-0.2, 0) is 18.3 Å². The summed E-state index contributed by atoms with van der Waals surface area (Å²) in [6.45, 7) is 25.3. The average molecular weight is 910 g/mol. The van der Waals surface area contributed by atoms with Gasteiger partial charge in [-0.05, 0) is 106 Å². The predicted octanol–water partition coefficient (Wildman–Crippen LogP) is 15.1. The summed E-state index contributed by atoms with van der Waals surface area (Å²) in [6.07, 6.45) is 1.66. The Kier molecular flexibility index (Phi) is 12.6. The summed E-state index contributed by atoms with van der Waals surface area (Å²) in [6, 6.07) is 29.7. The molecule has 1 N–H and O–H groups in total. The molecule has 334 valence electrons. The minimum Gasteiger partial charge on any atom is -0.338 e. The molecule has 4 aromatic heterocycles. The first-order chi connectivity index (χ1) is 31.4. The minimum atomic E-state index is -0.502. The second-order valence-electron chi connectivity index (χ2n) is 19.1. The van der Waals surface area contributed by atoms with Crippen molar-refractivity contribution in [2.75, 3.05) is 10.2 Å². The van der Waals surface area contributed by atoms with Gasteiger partial charge in [-0.1, -0.05) is 131 Å². The highest BCUT2D eigenvalue weighted by Gasteiger charge is 2.31. The van der Waals surface area contributed by atoms with Gasteiger partial charge in [-0.2, -0.15) is 20.3 Å². The molecule has 0 saturated carbocycles. The fourth-order valence-corrected chi connectivity index (χ4v) is 10.6. The van der Waals surface area contributed by atoms with Crippen LogP contribution in [0.5, 0.6) is 0 Å². The van der Waals surface area contributed by atoms with E-state index < -0.39 is 5.41 Å². The quantitative estimate of drug-likeness (QED) is 0.119. The number of aryl methyl sites for hydroxylation is 4. The van der Waals surface area contributed by atoms with Crippen LogP contribution in [0.2, 0.25) is 0 Å². The van der Waals surface area contributed by atoms with Crippen LogP contribution in [0.3, 0.4) is 0 Å². The van der Waals surface area contributed by atoms with Crippen LogP contribution in [0, 0.1) is 69.1 Å². The smallest absolute Gasteiger partial charge is 0.213 e. The molecule has 0 radical (unpaired) electrons. The molecule has 0 aliphatic rings. The van der Waals surface area contributed by atoms with E-state index in [0.29, 0.717) is 61.8 Å². The topological polar surface area (TPSA) is 144 Å². The number of azo groups is 1. The first kappa shape index (κ1) is 45.8. The Hall–Kier alpha value is -6.80. The zero-order valence-electron chi connectivity index (χ0n) is 39.8. The lowest BCUT2D eigenvalue weighted by atomic mass is 9.90. The number of aromatic nitrogens is 5. The Balaban J connectivity index is 1.44. The molecule has 0 fully saturated rings. The van der Waals surface area contributed by atoms with Gasteiger partial charge in [0.15, 0.2) is 22.6 Å². The highest BCUT2D eigenvalue weighted by Crippen LogP contribution is 2.47. The minimum absolute atomic E-state index is 0.243. The highest BCUT2D eigenvalue weighted by molar-refractivity contribution is 7.22. The van der Waals surface area contributed by atoms with Gasteiger partial charge in [-0.25, -0.2) is 15.0 Å². The monoisotopic (exact) mass is 909 g/mol. The summed E-state index contributed by atoms with van der Waals surface area (Å²) in [7, 11) is 0. The summed E-state index contributed by atoms with van der Waals surface area (Å²) in [5.74, 6) is 1.82. The van der Waals surface area contributed by atoms with Gasteiger partial charge in [-0.15, -0.1) is 10.2 Å². The van der Waals surface area contributed by atoms with Gasteiger partial charge < -0.3 is 5.32 Å². The number of rotatable bonds is 12. The molecule has 4 aromatic carbocycles. The molecule has 4 heterocycles. The number of nitriles is 2. The lowest BCUT2D eigenvalue weighted by molar-refractivity contribution is 0.559. The number of nitrogens with one attached hydrogen (secondary N) is 1. The second-order valence-corrected chi connectivity index (χ2v) is 21.1. The number of para-hydroxylation sites is 2. The molecule has 0 saturated heterocycles.